The van der Waals surface area contributed by atoms with E-state index >= 15 is 0 Å². The molecule has 0 saturated carbocycles. The van der Waals surface area contributed by atoms with Gasteiger partial charge in [0.15, 0.2) is 0 Å². The van der Waals surface area contributed by atoms with Crippen molar-refractivity contribution in [2.45, 2.75) is 18.7 Å². The van der Waals surface area contributed by atoms with E-state index in [0.29, 0.717) is 11.3 Å². The summed E-state index contributed by atoms with van der Waals surface area (Å²) in [5.74, 6) is -0.407. The molecule has 2 aromatic carbocycles. The standard InChI is InChI=1S/C17H17N3O3S/c1-12-3-7-15(8-4-12)20-17(21)14-6-5-13(2)16(11-14)24(22,23)19-10-9-18/h3-8,11,19H,10H2,1-2H3,(H,20,21). The zero-order chi connectivity index (χ0) is 17.7. The smallest absolute Gasteiger partial charge is 0.255 e. The van der Waals surface area contributed by atoms with Crippen molar-refractivity contribution in [1.82, 2.24) is 4.72 Å². The lowest BCUT2D eigenvalue weighted by Crippen LogP contribution is -2.25. The van der Waals surface area contributed by atoms with Crippen LogP contribution in [0.1, 0.15) is 21.5 Å². The molecular formula is C17H17N3O3S. The lowest BCUT2D eigenvalue weighted by molar-refractivity contribution is 0.102. The molecule has 0 unspecified atom stereocenters. The SMILES string of the molecule is Cc1ccc(NC(=O)c2ccc(C)c(S(=O)(=O)NCC#N)c2)cc1. The summed E-state index contributed by atoms with van der Waals surface area (Å²) in [4.78, 5) is 12.3. The van der Waals surface area contributed by atoms with E-state index in [-0.39, 0.29) is 17.0 Å². The Morgan fingerprint density at radius 2 is 1.79 bits per heavy atom. The Morgan fingerprint density at radius 3 is 2.42 bits per heavy atom. The lowest BCUT2D eigenvalue weighted by Gasteiger charge is -2.10. The van der Waals surface area contributed by atoms with Crippen LogP contribution in [0.15, 0.2) is 47.4 Å². The highest BCUT2D eigenvalue weighted by Crippen LogP contribution is 2.18. The maximum Gasteiger partial charge on any atom is 0.255 e. The fraction of sp³-hybridized carbons (Fsp3) is 0.176. The predicted octanol–water partition coefficient (Wildman–Crippen LogP) is 2.36. The molecular weight excluding hydrogens is 326 g/mol. The maximum atomic E-state index is 12.3. The third-order valence-electron chi connectivity index (χ3n) is 3.39. The molecule has 0 saturated heterocycles. The largest absolute Gasteiger partial charge is 0.322 e. The summed E-state index contributed by atoms with van der Waals surface area (Å²) < 4.78 is 26.5. The predicted molar refractivity (Wildman–Crippen MR) is 91.1 cm³/mol. The minimum absolute atomic E-state index is 0.0192. The Balaban J connectivity index is 2.28. The van der Waals surface area contributed by atoms with E-state index in [0.717, 1.165) is 5.56 Å². The first-order valence-electron chi connectivity index (χ1n) is 7.19. The van der Waals surface area contributed by atoms with Crippen molar-refractivity contribution in [3.63, 3.8) is 0 Å². The summed E-state index contributed by atoms with van der Waals surface area (Å²) in [5, 5.41) is 11.3. The summed E-state index contributed by atoms with van der Waals surface area (Å²) in [7, 11) is -3.84. The first-order valence-corrected chi connectivity index (χ1v) is 8.67. The van der Waals surface area contributed by atoms with Crippen LogP contribution in [0.4, 0.5) is 5.69 Å². The molecule has 0 radical (unpaired) electrons. The Bertz CT molecular complexity index is 898. The van der Waals surface area contributed by atoms with Crippen molar-refractivity contribution in [2.75, 3.05) is 11.9 Å². The van der Waals surface area contributed by atoms with Gasteiger partial charge in [0.25, 0.3) is 5.91 Å². The highest BCUT2D eigenvalue weighted by atomic mass is 32.2. The van der Waals surface area contributed by atoms with Gasteiger partial charge in [-0.3, -0.25) is 4.79 Å². The molecule has 1 amide bonds. The monoisotopic (exact) mass is 343 g/mol. The van der Waals surface area contributed by atoms with Crippen molar-refractivity contribution in [2.24, 2.45) is 0 Å². The molecule has 0 spiro atoms. The molecule has 0 aliphatic heterocycles. The third kappa shape index (κ3) is 4.19. The van der Waals surface area contributed by atoms with Gasteiger partial charge in [0, 0.05) is 11.3 Å². The number of aryl methyl sites for hydroxylation is 2. The number of benzene rings is 2. The summed E-state index contributed by atoms with van der Waals surface area (Å²) in [6, 6.07) is 13.4. The third-order valence-corrected chi connectivity index (χ3v) is 4.93. The number of carbonyl (C=O) groups excluding carboxylic acids is 1. The number of carbonyl (C=O) groups is 1. The molecule has 24 heavy (non-hydrogen) atoms. The Morgan fingerprint density at radius 1 is 1.12 bits per heavy atom. The van der Waals surface area contributed by atoms with Gasteiger partial charge in [0.2, 0.25) is 10.0 Å². The average molecular weight is 343 g/mol. The number of hydrogen-bond donors (Lipinski definition) is 2. The minimum Gasteiger partial charge on any atom is -0.322 e. The number of nitrogens with zero attached hydrogens (tertiary/aromatic N) is 1. The van der Waals surface area contributed by atoms with E-state index in [2.05, 4.69) is 10.0 Å². The van der Waals surface area contributed by atoms with Crippen LogP contribution in [0.2, 0.25) is 0 Å². The second kappa shape index (κ2) is 7.25. The van der Waals surface area contributed by atoms with E-state index in [4.69, 9.17) is 5.26 Å². The van der Waals surface area contributed by atoms with Crippen molar-refractivity contribution >= 4 is 21.6 Å². The highest BCUT2D eigenvalue weighted by molar-refractivity contribution is 7.89. The Kier molecular flexibility index (Phi) is 5.34. The number of nitriles is 1. The van der Waals surface area contributed by atoms with Gasteiger partial charge in [-0.05, 0) is 43.7 Å². The van der Waals surface area contributed by atoms with Gasteiger partial charge in [-0.2, -0.15) is 9.98 Å². The van der Waals surface area contributed by atoms with Crippen LogP contribution < -0.4 is 10.0 Å². The molecule has 124 valence electrons. The molecule has 7 heteroatoms. The number of sulfonamides is 1. The number of anilines is 1. The fourth-order valence-electron chi connectivity index (χ4n) is 2.08. The first-order chi connectivity index (χ1) is 11.3. The number of amides is 1. The van der Waals surface area contributed by atoms with Crippen LogP contribution >= 0.6 is 0 Å². The van der Waals surface area contributed by atoms with E-state index in [9.17, 15) is 13.2 Å². The van der Waals surface area contributed by atoms with Crippen LogP contribution in [-0.4, -0.2) is 20.9 Å². The zero-order valence-electron chi connectivity index (χ0n) is 13.3. The molecule has 0 heterocycles. The topological polar surface area (TPSA) is 99.1 Å². The van der Waals surface area contributed by atoms with E-state index in [1.807, 2.05) is 19.1 Å². The Labute approximate surface area is 141 Å². The van der Waals surface area contributed by atoms with Crippen LogP contribution in [0, 0.1) is 25.2 Å². The van der Waals surface area contributed by atoms with E-state index < -0.39 is 15.9 Å². The van der Waals surface area contributed by atoms with Crippen molar-refractivity contribution in [1.29, 1.82) is 5.26 Å². The van der Waals surface area contributed by atoms with Gasteiger partial charge in [0.05, 0.1) is 17.5 Å². The van der Waals surface area contributed by atoms with Gasteiger partial charge in [-0.15, -0.1) is 0 Å². The molecule has 2 N–H and O–H groups in total. The van der Waals surface area contributed by atoms with Crippen molar-refractivity contribution in [3.05, 3.63) is 59.2 Å². The molecule has 0 bridgehead atoms. The molecule has 0 aliphatic rings. The van der Waals surface area contributed by atoms with Crippen molar-refractivity contribution in [3.8, 4) is 6.07 Å². The minimum atomic E-state index is -3.84. The molecule has 2 aromatic rings. The number of hydrogen-bond acceptors (Lipinski definition) is 4. The van der Waals surface area contributed by atoms with E-state index in [1.165, 1.54) is 6.07 Å². The van der Waals surface area contributed by atoms with Crippen LogP contribution in [0.3, 0.4) is 0 Å². The average Bonchev–Trinajstić information content (AvgIpc) is 2.55. The quantitative estimate of drug-likeness (QED) is 0.814. The van der Waals surface area contributed by atoms with Gasteiger partial charge >= 0.3 is 0 Å². The van der Waals surface area contributed by atoms with Crippen LogP contribution in [0.25, 0.3) is 0 Å². The summed E-state index contributed by atoms with van der Waals surface area (Å²) >= 11 is 0. The van der Waals surface area contributed by atoms with Gasteiger partial charge < -0.3 is 5.32 Å². The van der Waals surface area contributed by atoms with Crippen molar-refractivity contribution < 1.29 is 13.2 Å². The lowest BCUT2D eigenvalue weighted by atomic mass is 10.1. The number of nitrogens with one attached hydrogen (secondary N) is 2. The molecule has 0 aliphatic carbocycles. The van der Waals surface area contributed by atoms with Crippen LogP contribution in [-0.2, 0) is 10.0 Å². The molecule has 6 nitrogen and oxygen atoms in total. The first kappa shape index (κ1) is 17.7. The summed E-state index contributed by atoms with van der Waals surface area (Å²) in [6.07, 6.45) is 0. The second-order valence-electron chi connectivity index (χ2n) is 5.28. The normalized spacial score (nSPS) is 10.9. The highest BCUT2D eigenvalue weighted by Gasteiger charge is 2.18. The van der Waals surface area contributed by atoms with Crippen LogP contribution in [0.5, 0.6) is 0 Å². The molecule has 2 rings (SSSR count). The maximum absolute atomic E-state index is 12.3. The Hall–Kier alpha value is -2.69. The summed E-state index contributed by atoms with van der Waals surface area (Å²) in [5.41, 5.74) is 2.41. The molecule has 0 fully saturated rings. The van der Waals surface area contributed by atoms with E-state index in [1.54, 1.807) is 37.3 Å². The number of rotatable bonds is 5. The van der Waals surface area contributed by atoms with Gasteiger partial charge in [-0.1, -0.05) is 23.8 Å². The molecule has 0 atom stereocenters. The zero-order valence-corrected chi connectivity index (χ0v) is 14.1. The van der Waals surface area contributed by atoms with Gasteiger partial charge in [0.1, 0.15) is 0 Å². The molecule has 0 aromatic heterocycles. The van der Waals surface area contributed by atoms with Gasteiger partial charge in [-0.25, -0.2) is 8.42 Å². The second-order valence-corrected chi connectivity index (χ2v) is 7.02. The summed E-state index contributed by atoms with van der Waals surface area (Å²) in [6.45, 7) is 3.24. The fourth-order valence-corrected chi connectivity index (χ4v) is 3.26.